The van der Waals surface area contributed by atoms with Crippen LogP contribution in [0.5, 0.6) is 0 Å². The summed E-state index contributed by atoms with van der Waals surface area (Å²) >= 11 is 2.27. The molecular formula is C10H13IN2. The topological polar surface area (TPSA) is 15.6 Å². The van der Waals surface area contributed by atoms with Crippen molar-refractivity contribution in [3.8, 4) is 0 Å². The molecule has 0 bridgehead atoms. The lowest BCUT2D eigenvalue weighted by atomic mass is 10.2. The lowest BCUT2D eigenvalue weighted by molar-refractivity contribution is 0.761. The SMILES string of the molecule is CCN(I)C(=NC)c1ccccc1. The standard InChI is InChI=1S/C10H13IN2/c1-3-13(11)10(12-2)9-7-5-4-6-8-9/h4-8H,3H2,1-2H3. The highest BCUT2D eigenvalue weighted by Crippen LogP contribution is 2.09. The van der Waals surface area contributed by atoms with Gasteiger partial charge in [0.2, 0.25) is 0 Å². The number of rotatable bonds is 2. The lowest BCUT2D eigenvalue weighted by Crippen LogP contribution is -2.21. The Labute approximate surface area is 93.2 Å². The molecule has 0 atom stereocenters. The van der Waals surface area contributed by atoms with Gasteiger partial charge in [-0.15, -0.1) is 0 Å². The Balaban J connectivity index is 2.93. The van der Waals surface area contributed by atoms with Crippen LogP contribution in [-0.2, 0) is 0 Å². The summed E-state index contributed by atoms with van der Waals surface area (Å²) in [5, 5.41) is 0. The molecule has 13 heavy (non-hydrogen) atoms. The number of hydrogen-bond donors (Lipinski definition) is 0. The second-order valence-electron chi connectivity index (χ2n) is 2.59. The van der Waals surface area contributed by atoms with Gasteiger partial charge in [-0.2, -0.15) is 0 Å². The molecule has 0 N–H and O–H groups in total. The molecule has 0 fully saturated rings. The molecule has 0 spiro atoms. The van der Waals surface area contributed by atoms with Crippen LogP contribution in [-0.4, -0.2) is 22.5 Å². The summed E-state index contributed by atoms with van der Waals surface area (Å²) in [5.41, 5.74) is 1.17. The van der Waals surface area contributed by atoms with Crippen LogP contribution in [0.1, 0.15) is 12.5 Å². The van der Waals surface area contributed by atoms with E-state index in [-0.39, 0.29) is 0 Å². The molecule has 0 saturated heterocycles. The maximum atomic E-state index is 4.26. The van der Waals surface area contributed by atoms with Crippen LogP contribution in [0.4, 0.5) is 0 Å². The van der Waals surface area contributed by atoms with Crippen LogP contribution < -0.4 is 0 Å². The monoisotopic (exact) mass is 288 g/mol. The minimum atomic E-state index is 0.960. The third-order valence-electron chi connectivity index (χ3n) is 1.75. The molecule has 0 aliphatic rings. The minimum absolute atomic E-state index is 0.960. The summed E-state index contributed by atoms with van der Waals surface area (Å²) in [6, 6.07) is 10.2. The van der Waals surface area contributed by atoms with Gasteiger partial charge in [0.25, 0.3) is 0 Å². The Kier molecular flexibility index (Phi) is 4.21. The molecule has 0 aliphatic carbocycles. The number of benzene rings is 1. The van der Waals surface area contributed by atoms with E-state index in [0.717, 1.165) is 12.4 Å². The van der Waals surface area contributed by atoms with Gasteiger partial charge in [-0.1, -0.05) is 30.3 Å². The van der Waals surface area contributed by atoms with Crippen molar-refractivity contribution in [3.05, 3.63) is 35.9 Å². The predicted octanol–water partition coefficient (Wildman–Crippen LogP) is 2.73. The summed E-state index contributed by atoms with van der Waals surface area (Å²) < 4.78 is 2.10. The van der Waals surface area contributed by atoms with Crippen molar-refractivity contribution >= 4 is 28.7 Å². The van der Waals surface area contributed by atoms with Gasteiger partial charge < -0.3 is 0 Å². The van der Waals surface area contributed by atoms with E-state index in [4.69, 9.17) is 0 Å². The van der Waals surface area contributed by atoms with Gasteiger partial charge >= 0.3 is 0 Å². The third kappa shape index (κ3) is 2.69. The Morgan fingerprint density at radius 3 is 2.46 bits per heavy atom. The summed E-state index contributed by atoms with van der Waals surface area (Å²) in [6.07, 6.45) is 0. The summed E-state index contributed by atoms with van der Waals surface area (Å²) in [5.74, 6) is 1.03. The lowest BCUT2D eigenvalue weighted by Gasteiger charge is -2.16. The average Bonchev–Trinajstić information content (AvgIpc) is 2.20. The first-order valence-electron chi connectivity index (χ1n) is 4.25. The zero-order chi connectivity index (χ0) is 9.68. The van der Waals surface area contributed by atoms with Gasteiger partial charge in [0.1, 0.15) is 5.84 Å². The highest BCUT2D eigenvalue weighted by atomic mass is 127. The second-order valence-corrected chi connectivity index (χ2v) is 3.76. The molecule has 1 aromatic carbocycles. The van der Waals surface area contributed by atoms with Gasteiger partial charge in [-0.3, -0.25) is 8.11 Å². The van der Waals surface area contributed by atoms with Crippen LogP contribution in [0.15, 0.2) is 35.3 Å². The number of amidine groups is 1. The smallest absolute Gasteiger partial charge is 0.139 e. The summed E-state index contributed by atoms with van der Waals surface area (Å²) in [6.45, 7) is 3.07. The van der Waals surface area contributed by atoms with Crippen molar-refractivity contribution in [1.82, 2.24) is 3.11 Å². The molecule has 70 valence electrons. The van der Waals surface area contributed by atoms with E-state index in [9.17, 15) is 0 Å². The third-order valence-corrected chi connectivity index (χ3v) is 2.89. The van der Waals surface area contributed by atoms with Crippen LogP contribution >= 0.6 is 22.9 Å². The van der Waals surface area contributed by atoms with E-state index >= 15 is 0 Å². The Bertz CT molecular complexity index is 282. The van der Waals surface area contributed by atoms with Crippen molar-refractivity contribution in [3.63, 3.8) is 0 Å². The Morgan fingerprint density at radius 1 is 1.38 bits per heavy atom. The van der Waals surface area contributed by atoms with E-state index in [1.54, 1.807) is 0 Å². The number of halogens is 1. The van der Waals surface area contributed by atoms with Crippen molar-refractivity contribution in [2.75, 3.05) is 13.6 Å². The van der Waals surface area contributed by atoms with E-state index in [1.807, 2.05) is 25.2 Å². The maximum absolute atomic E-state index is 4.26. The second kappa shape index (κ2) is 5.21. The van der Waals surface area contributed by atoms with E-state index in [0.29, 0.717) is 0 Å². The molecule has 0 unspecified atom stereocenters. The van der Waals surface area contributed by atoms with Gasteiger partial charge in [0.15, 0.2) is 0 Å². The first-order chi connectivity index (χ1) is 6.29. The minimum Gasteiger partial charge on any atom is -0.299 e. The normalized spacial score (nSPS) is 11.5. The average molecular weight is 288 g/mol. The number of hydrogen-bond acceptors (Lipinski definition) is 1. The molecule has 0 heterocycles. The predicted molar refractivity (Wildman–Crippen MR) is 65.3 cm³/mol. The largest absolute Gasteiger partial charge is 0.299 e. The molecule has 0 amide bonds. The fraction of sp³-hybridized carbons (Fsp3) is 0.300. The van der Waals surface area contributed by atoms with Gasteiger partial charge in [0.05, 0.1) is 22.9 Å². The van der Waals surface area contributed by atoms with Crippen LogP contribution in [0.25, 0.3) is 0 Å². The number of aliphatic imine (C=N–C) groups is 1. The molecule has 0 radical (unpaired) electrons. The van der Waals surface area contributed by atoms with Crippen LogP contribution in [0.2, 0.25) is 0 Å². The molecule has 3 heteroatoms. The molecular weight excluding hydrogens is 275 g/mol. The first-order valence-corrected chi connectivity index (χ1v) is 5.21. The van der Waals surface area contributed by atoms with Crippen LogP contribution in [0.3, 0.4) is 0 Å². The van der Waals surface area contributed by atoms with Crippen molar-refractivity contribution in [2.45, 2.75) is 6.92 Å². The maximum Gasteiger partial charge on any atom is 0.139 e. The van der Waals surface area contributed by atoms with Gasteiger partial charge in [0, 0.05) is 19.2 Å². The van der Waals surface area contributed by atoms with E-state index < -0.39 is 0 Å². The zero-order valence-corrected chi connectivity index (χ0v) is 10.0. The number of nitrogens with zero attached hydrogens (tertiary/aromatic N) is 2. The highest BCUT2D eigenvalue weighted by Gasteiger charge is 2.06. The first kappa shape index (κ1) is 10.5. The summed E-state index contributed by atoms with van der Waals surface area (Å²) in [4.78, 5) is 4.26. The molecule has 1 rings (SSSR count). The van der Waals surface area contributed by atoms with E-state index in [1.165, 1.54) is 5.56 Å². The fourth-order valence-electron chi connectivity index (χ4n) is 1.11. The van der Waals surface area contributed by atoms with Crippen molar-refractivity contribution in [1.29, 1.82) is 0 Å². The fourth-order valence-corrected chi connectivity index (χ4v) is 1.61. The molecule has 0 saturated carbocycles. The summed E-state index contributed by atoms with van der Waals surface area (Å²) in [7, 11) is 1.82. The van der Waals surface area contributed by atoms with Gasteiger partial charge in [-0.05, 0) is 6.92 Å². The molecule has 0 aromatic heterocycles. The Hall–Kier alpha value is -0.580. The molecule has 1 aromatic rings. The zero-order valence-electron chi connectivity index (χ0n) is 7.87. The van der Waals surface area contributed by atoms with Crippen molar-refractivity contribution < 1.29 is 0 Å². The molecule has 2 nitrogen and oxygen atoms in total. The van der Waals surface area contributed by atoms with Crippen LogP contribution in [0, 0.1) is 0 Å². The quantitative estimate of drug-likeness (QED) is 0.353. The van der Waals surface area contributed by atoms with E-state index in [2.05, 4.69) is 50.0 Å². The highest BCUT2D eigenvalue weighted by molar-refractivity contribution is 14.1. The Morgan fingerprint density at radius 2 is 2.00 bits per heavy atom. The van der Waals surface area contributed by atoms with Gasteiger partial charge in [-0.25, -0.2) is 0 Å². The van der Waals surface area contributed by atoms with Crippen molar-refractivity contribution in [2.24, 2.45) is 4.99 Å². The molecule has 0 aliphatic heterocycles.